The first kappa shape index (κ1) is 12.7. The lowest BCUT2D eigenvalue weighted by molar-refractivity contribution is 0.262. The summed E-state index contributed by atoms with van der Waals surface area (Å²) in [5.74, 6) is 1.08. The molecule has 104 valence electrons. The summed E-state index contributed by atoms with van der Waals surface area (Å²) in [6.45, 7) is 3.89. The Kier molecular flexibility index (Phi) is 3.14. The summed E-state index contributed by atoms with van der Waals surface area (Å²) in [6, 6.07) is 1.68. The molecule has 0 aliphatic heterocycles. The Bertz CT molecular complexity index is 645. The zero-order chi connectivity index (χ0) is 14.1. The lowest BCUT2D eigenvalue weighted by Gasteiger charge is -2.09. The second-order valence-corrected chi connectivity index (χ2v) is 5.23. The van der Waals surface area contributed by atoms with Crippen molar-refractivity contribution in [2.24, 2.45) is 0 Å². The van der Waals surface area contributed by atoms with E-state index >= 15 is 0 Å². The van der Waals surface area contributed by atoms with Crippen molar-refractivity contribution in [2.75, 3.05) is 10.6 Å². The Labute approximate surface area is 117 Å². The summed E-state index contributed by atoms with van der Waals surface area (Å²) in [7, 11) is 0. The van der Waals surface area contributed by atoms with Gasteiger partial charge in [-0.25, -0.2) is 9.78 Å². The third-order valence-electron chi connectivity index (χ3n) is 3.35. The van der Waals surface area contributed by atoms with Gasteiger partial charge >= 0.3 is 6.03 Å². The Hall–Kier alpha value is -2.37. The first-order valence-electron chi connectivity index (χ1n) is 6.68. The largest absolute Gasteiger partial charge is 0.324 e. The van der Waals surface area contributed by atoms with Crippen molar-refractivity contribution < 1.29 is 4.79 Å². The van der Waals surface area contributed by atoms with Crippen molar-refractivity contribution >= 4 is 17.5 Å². The quantitative estimate of drug-likeness (QED) is 0.802. The molecule has 6 nitrogen and oxygen atoms in total. The van der Waals surface area contributed by atoms with E-state index < -0.39 is 0 Å². The second-order valence-electron chi connectivity index (χ2n) is 5.23. The Morgan fingerprint density at radius 2 is 2.10 bits per heavy atom. The van der Waals surface area contributed by atoms with Crippen molar-refractivity contribution in [1.29, 1.82) is 0 Å². The fourth-order valence-corrected chi connectivity index (χ4v) is 2.19. The SMILES string of the molecule is Cc1cnc(NC(=O)Nc2cn[nH]c2C2CC2)c(C)c1. The predicted molar refractivity (Wildman–Crippen MR) is 76.9 cm³/mol. The fourth-order valence-electron chi connectivity index (χ4n) is 2.19. The van der Waals surface area contributed by atoms with Crippen LogP contribution < -0.4 is 10.6 Å². The Morgan fingerprint density at radius 1 is 1.30 bits per heavy atom. The molecular formula is C14H17N5O. The van der Waals surface area contributed by atoms with E-state index in [0.29, 0.717) is 11.7 Å². The number of hydrogen-bond acceptors (Lipinski definition) is 3. The van der Waals surface area contributed by atoms with E-state index in [9.17, 15) is 4.79 Å². The molecule has 2 aromatic rings. The molecule has 1 aliphatic rings. The molecule has 1 fully saturated rings. The number of amides is 2. The maximum Gasteiger partial charge on any atom is 0.324 e. The standard InChI is InChI=1S/C14H17N5O/c1-8-5-9(2)13(15-6-8)18-14(20)17-11-7-16-19-12(11)10-3-4-10/h5-7,10H,3-4H2,1-2H3,(H,16,19)(H2,15,17,18,20). The number of rotatable bonds is 3. The molecule has 0 unspecified atom stereocenters. The average Bonchev–Trinajstić information content (AvgIpc) is 3.14. The minimum atomic E-state index is -0.298. The van der Waals surface area contributed by atoms with Gasteiger partial charge in [-0.05, 0) is 37.8 Å². The van der Waals surface area contributed by atoms with Gasteiger partial charge < -0.3 is 5.32 Å². The van der Waals surface area contributed by atoms with Gasteiger partial charge in [-0.2, -0.15) is 5.10 Å². The fraction of sp³-hybridized carbons (Fsp3) is 0.357. The van der Waals surface area contributed by atoms with Gasteiger partial charge in [0.05, 0.1) is 17.6 Å². The Balaban J connectivity index is 1.68. The number of nitrogens with one attached hydrogen (secondary N) is 3. The van der Waals surface area contributed by atoms with Crippen LogP contribution in [0.15, 0.2) is 18.5 Å². The molecule has 3 rings (SSSR count). The highest BCUT2D eigenvalue weighted by molar-refractivity contribution is 5.99. The highest BCUT2D eigenvalue weighted by Gasteiger charge is 2.28. The molecule has 2 amide bonds. The molecule has 0 radical (unpaired) electrons. The van der Waals surface area contributed by atoms with Crippen molar-refractivity contribution in [3.05, 3.63) is 35.3 Å². The van der Waals surface area contributed by atoms with Gasteiger partial charge in [0.2, 0.25) is 0 Å². The van der Waals surface area contributed by atoms with E-state index in [1.54, 1.807) is 12.4 Å². The number of carbonyl (C=O) groups excluding carboxylic acids is 1. The zero-order valence-corrected chi connectivity index (χ0v) is 11.5. The van der Waals surface area contributed by atoms with Crippen LogP contribution in [-0.2, 0) is 0 Å². The van der Waals surface area contributed by atoms with E-state index in [1.807, 2.05) is 19.9 Å². The molecule has 1 aliphatic carbocycles. The van der Waals surface area contributed by atoms with Crippen LogP contribution in [0.2, 0.25) is 0 Å². The maximum atomic E-state index is 12.0. The minimum absolute atomic E-state index is 0.298. The van der Waals surface area contributed by atoms with Crippen LogP contribution in [0.3, 0.4) is 0 Å². The van der Waals surface area contributed by atoms with Gasteiger partial charge in [0.15, 0.2) is 0 Å². The lowest BCUT2D eigenvalue weighted by Crippen LogP contribution is -2.21. The van der Waals surface area contributed by atoms with Crippen molar-refractivity contribution in [1.82, 2.24) is 15.2 Å². The molecule has 2 heterocycles. The van der Waals surface area contributed by atoms with E-state index in [1.165, 1.54) is 0 Å². The monoisotopic (exact) mass is 271 g/mol. The zero-order valence-electron chi connectivity index (χ0n) is 11.5. The van der Waals surface area contributed by atoms with E-state index in [2.05, 4.69) is 25.8 Å². The predicted octanol–water partition coefficient (Wildman–Crippen LogP) is 2.94. The van der Waals surface area contributed by atoms with Gasteiger partial charge in [-0.3, -0.25) is 10.4 Å². The summed E-state index contributed by atoms with van der Waals surface area (Å²) in [6.07, 6.45) is 5.67. The summed E-state index contributed by atoms with van der Waals surface area (Å²) in [4.78, 5) is 16.2. The highest BCUT2D eigenvalue weighted by atomic mass is 16.2. The Morgan fingerprint density at radius 3 is 2.80 bits per heavy atom. The molecule has 0 saturated heterocycles. The van der Waals surface area contributed by atoms with Crippen molar-refractivity contribution in [2.45, 2.75) is 32.6 Å². The molecule has 0 spiro atoms. The van der Waals surface area contributed by atoms with E-state index in [0.717, 1.165) is 35.3 Å². The van der Waals surface area contributed by atoms with E-state index in [4.69, 9.17) is 0 Å². The summed E-state index contributed by atoms with van der Waals surface area (Å²) < 4.78 is 0. The number of anilines is 2. The average molecular weight is 271 g/mol. The highest BCUT2D eigenvalue weighted by Crippen LogP contribution is 2.42. The van der Waals surface area contributed by atoms with Gasteiger partial charge in [-0.1, -0.05) is 6.07 Å². The summed E-state index contributed by atoms with van der Waals surface area (Å²) in [5, 5.41) is 12.5. The molecule has 6 heteroatoms. The van der Waals surface area contributed by atoms with Crippen LogP contribution in [0.1, 0.15) is 35.6 Å². The minimum Gasteiger partial charge on any atom is -0.305 e. The molecular weight excluding hydrogens is 254 g/mol. The van der Waals surface area contributed by atoms with Gasteiger partial charge in [-0.15, -0.1) is 0 Å². The van der Waals surface area contributed by atoms with Gasteiger partial charge in [0.1, 0.15) is 5.82 Å². The van der Waals surface area contributed by atoms with Crippen molar-refractivity contribution in [3.8, 4) is 0 Å². The number of nitrogens with zero attached hydrogens (tertiary/aromatic N) is 2. The third kappa shape index (κ3) is 2.64. The second kappa shape index (κ2) is 4.96. The maximum absolute atomic E-state index is 12.0. The number of aromatic nitrogens is 3. The molecule has 0 bridgehead atoms. The van der Waals surface area contributed by atoms with E-state index in [-0.39, 0.29) is 6.03 Å². The van der Waals surface area contributed by atoms with Crippen LogP contribution in [0, 0.1) is 13.8 Å². The molecule has 1 saturated carbocycles. The summed E-state index contributed by atoms with van der Waals surface area (Å²) >= 11 is 0. The molecule has 0 aromatic carbocycles. The number of carbonyl (C=O) groups is 1. The molecule has 3 N–H and O–H groups in total. The third-order valence-corrected chi connectivity index (χ3v) is 3.35. The van der Waals surface area contributed by atoms with Crippen LogP contribution in [0.4, 0.5) is 16.3 Å². The van der Waals surface area contributed by atoms with Crippen LogP contribution >= 0.6 is 0 Å². The number of aromatic amines is 1. The molecule has 2 aromatic heterocycles. The van der Waals surface area contributed by atoms with Crippen LogP contribution in [0.25, 0.3) is 0 Å². The number of pyridine rings is 1. The smallest absolute Gasteiger partial charge is 0.305 e. The number of H-pyrrole nitrogens is 1. The van der Waals surface area contributed by atoms with Gasteiger partial charge in [0.25, 0.3) is 0 Å². The first-order chi connectivity index (χ1) is 9.63. The topological polar surface area (TPSA) is 82.7 Å². The first-order valence-corrected chi connectivity index (χ1v) is 6.68. The summed E-state index contributed by atoms with van der Waals surface area (Å²) in [5.41, 5.74) is 3.76. The number of urea groups is 1. The number of hydrogen-bond donors (Lipinski definition) is 3. The normalized spacial score (nSPS) is 14.1. The molecule has 20 heavy (non-hydrogen) atoms. The number of aryl methyl sites for hydroxylation is 2. The van der Waals surface area contributed by atoms with Crippen molar-refractivity contribution in [3.63, 3.8) is 0 Å². The molecule has 0 atom stereocenters. The van der Waals surface area contributed by atoms with Crippen LogP contribution in [0.5, 0.6) is 0 Å². The lowest BCUT2D eigenvalue weighted by atomic mass is 10.2. The van der Waals surface area contributed by atoms with Crippen LogP contribution in [-0.4, -0.2) is 21.2 Å². The van der Waals surface area contributed by atoms with Gasteiger partial charge in [0, 0.05) is 12.1 Å².